The molecule has 4 atom stereocenters. The molecule has 0 radical (unpaired) electrons. The van der Waals surface area contributed by atoms with Gasteiger partial charge in [-0.15, -0.1) is 0 Å². The van der Waals surface area contributed by atoms with Gasteiger partial charge in [-0.05, 0) is 24.7 Å². The largest absolute Gasteiger partial charge is 0.392 e. The summed E-state index contributed by atoms with van der Waals surface area (Å²) >= 11 is 0. The zero-order chi connectivity index (χ0) is 9.26. The number of nitrogens with zero attached hydrogens (tertiary/aromatic N) is 1. The van der Waals surface area contributed by atoms with E-state index in [1.54, 1.807) is 0 Å². The van der Waals surface area contributed by atoms with E-state index in [-0.39, 0.29) is 12.0 Å². The zero-order valence-corrected chi connectivity index (χ0v) is 7.95. The molecule has 2 rings (SSSR count). The second kappa shape index (κ2) is 3.67. The first kappa shape index (κ1) is 9.02. The van der Waals surface area contributed by atoms with Gasteiger partial charge in [0.1, 0.15) is 0 Å². The standard InChI is InChI=1S/C11H17NO/c12-7-10-5-8-3-1-2-4-9(8)6-11(10)13/h8-11,13H,1-6H2. The van der Waals surface area contributed by atoms with Crippen LogP contribution in [0.4, 0.5) is 0 Å². The number of aliphatic hydroxyl groups excluding tert-OH is 1. The summed E-state index contributed by atoms with van der Waals surface area (Å²) < 4.78 is 0. The van der Waals surface area contributed by atoms with Crippen molar-refractivity contribution in [3.05, 3.63) is 0 Å². The van der Waals surface area contributed by atoms with Gasteiger partial charge in [0, 0.05) is 0 Å². The third-order valence-electron chi connectivity index (χ3n) is 3.80. The van der Waals surface area contributed by atoms with Crippen LogP contribution >= 0.6 is 0 Å². The van der Waals surface area contributed by atoms with E-state index in [0.717, 1.165) is 18.8 Å². The monoisotopic (exact) mass is 179 g/mol. The Balaban J connectivity index is 2.02. The van der Waals surface area contributed by atoms with Gasteiger partial charge in [-0.1, -0.05) is 25.7 Å². The van der Waals surface area contributed by atoms with Crippen molar-refractivity contribution >= 4 is 0 Å². The summed E-state index contributed by atoms with van der Waals surface area (Å²) in [6.07, 6.45) is 6.70. The fourth-order valence-electron chi connectivity index (χ4n) is 3.00. The van der Waals surface area contributed by atoms with Gasteiger partial charge in [0.2, 0.25) is 0 Å². The average Bonchev–Trinajstić information content (AvgIpc) is 2.17. The first-order valence-electron chi connectivity index (χ1n) is 5.39. The molecule has 0 bridgehead atoms. The van der Waals surface area contributed by atoms with Crippen molar-refractivity contribution in [3.63, 3.8) is 0 Å². The maximum atomic E-state index is 9.69. The third-order valence-corrected chi connectivity index (χ3v) is 3.80. The number of hydrogen-bond acceptors (Lipinski definition) is 2. The molecule has 0 heterocycles. The molecule has 1 N–H and O–H groups in total. The van der Waals surface area contributed by atoms with E-state index in [4.69, 9.17) is 5.26 Å². The highest BCUT2D eigenvalue weighted by Gasteiger charge is 2.37. The lowest BCUT2D eigenvalue weighted by Crippen LogP contribution is -2.36. The maximum Gasteiger partial charge on any atom is 0.0725 e. The van der Waals surface area contributed by atoms with E-state index in [2.05, 4.69) is 6.07 Å². The van der Waals surface area contributed by atoms with Crippen LogP contribution in [0.15, 0.2) is 0 Å². The normalized spacial score (nSPS) is 44.9. The van der Waals surface area contributed by atoms with Crippen LogP contribution in [0.1, 0.15) is 38.5 Å². The molecule has 2 aliphatic rings. The summed E-state index contributed by atoms with van der Waals surface area (Å²) in [6, 6.07) is 2.24. The van der Waals surface area contributed by atoms with Crippen LogP contribution < -0.4 is 0 Å². The van der Waals surface area contributed by atoms with Crippen molar-refractivity contribution in [3.8, 4) is 6.07 Å². The zero-order valence-electron chi connectivity index (χ0n) is 7.95. The van der Waals surface area contributed by atoms with Crippen LogP contribution in [0.25, 0.3) is 0 Å². The van der Waals surface area contributed by atoms with Crippen LogP contribution in [-0.2, 0) is 0 Å². The van der Waals surface area contributed by atoms with Crippen molar-refractivity contribution in [2.45, 2.75) is 44.6 Å². The minimum Gasteiger partial charge on any atom is -0.392 e. The van der Waals surface area contributed by atoms with Crippen molar-refractivity contribution in [2.75, 3.05) is 0 Å². The Hall–Kier alpha value is -0.550. The minimum absolute atomic E-state index is 0.0839. The molecular weight excluding hydrogens is 162 g/mol. The molecule has 13 heavy (non-hydrogen) atoms. The second-order valence-electron chi connectivity index (χ2n) is 4.58. The highest BCUT2D eigenvalue weighted by Crippen LogP contribution is 2.42. The number of rotatable bonds is 0. The predicted molar refractivity (Wildman–Crippen MR) is 49.8 cm³/mol. The topological polar surface area (TPSA) is 44.0 Å². The van der Waals surface area contributed by atoms with E-state index in [0.29, 0.717) is 5.92 Å². The SMILES string of the molecule is N#CC1CC2CCCCC2CC1O. The summed E-state index contributed by atoms with van der Waals surface area (Å²) in [7, 11) is 0. The molecule has 0 spiro atoms. The molecule has 0 aromatic rings. The molecular formula is C11H17NO. The van der Waals surface area contributed by atoms with E-state index >= 15 is 0 Å². The number of hydrogen-bond donors (Lipinski definition) is 1. The van der Waals surface area contributed by atoms with E-state index in [1.807, 2.05) is 0 Å². The molecule has 72 valence electrons. The van der Waals surface area contributed by atoms with Crippen LogP contribution in [0.3, 0.4) is 0 Å². The quantitative estimate of drug-likeness (QED) is 0.618. The fourth-order valence-corrected chi connectivity index (χ4v) is 3.00. The van der Waals surface area contributed by atoms with E-state index in [1.165, 1.54) is 25.7 Å². The molecule has 2 fully saturated rings. The molecule has 0 aliphatic heterocycles. The Bertz CT molecular complexity index is 221. The highest BCUT2D eigenvalue weighted by atomic mass is 16.3. The number of nitriles is 1. The van der Waals surface area contributed by atoms with Gasteiger partial charge >= 0.3 is 0 Å². The fraction of sp³-hybridized carbons (Fsp3) is 0.909. The number of aliphatic hydroxyl groups is 1. The van der Waals surface area contributed by atoms with Crippen LogP contribution in [0.5, 0.6) is 0 Å². The predicted octanol–water partition coefficient (Wildman–Crippen LogP) is 2.09. The maximum absolute atomic E-state index is 9.69. The molecule has 0 amide bonds. The van der Waals surface area contributed by atoms with Crippen molar-refractivity contribution in [1.82, 2.24) is 0 Å². The third kappa shape index (κ3) is 1.71. The minimum atomic E-state index is -0.343. The van der Waals surface area contributed by atoms with Gasteiger partial charge < -0.3 is 5.11 Å². The molecule has 2 heteroatoms. The van der Waals surface area contributed by atoms with Gasteiger partial charge in [0.15, 0.2) is 0 Å². The Morgan fingerprint density at radius 3 is 2.31 bits per heavy atom. The summed E-state index contributed by atoms with van der Waals surface area (Å²) in [5.74, 6) is 1.37. The van der Waals surface area contributed by atoms with Crippen molar-refractivity contribution < 1.29 is 5.11 Å². The Labute approximate surface area is 79.6 Å². The lowest BCUT2D eigenvalue weighted by atomic mass is 9.67. The Kier molecular flexibility index (Phi) is 2.55. The summed E-state index contributed by atoms with van der Waals surface area (Å²) in [5.41, 5.74) is 0. The smallest absolute Gasteiger partial charge is 0.0725 e. The summed E-state index contributed by atoms with van der Waals surface area (Å²) in [4.78, 5) is 0. The summed E-state index contributed by atoms with van der Waals surface area (Å²) in [5, 5.41) is 18.5. The molecule has 2 nitrogen and oxygen atoms in total. The van der Waals surface area contributed by atoms with Crippen molar-refractivity contribution in [2.24, 2.45) is 17.8 Å². The van der Waals surface area contributed by atoms with Crippen LogP contribution in [0, 0.1) is 29.1 Å². The molecule has 4 unspecified atom stereocenters. The van der Waals surface area contributed by atoms with E-state index < -0.39 is 0 Å². The molecule has 2 aliphatic carbocycles. The highest BCUT2D eigenvalue weighted by molar-refractivity contribution is 4.96. The Morgan fingerprint density at radius 2 is 1.69 bits per heavy atom. The molecule has 0 saturated heterocycles. The van der Waals surface area contributed by atoms with Crippen LogP contribution in [0.2, 0.25) is 0 Å². The van der Waals surface area contributed by atoms with E-state index in [9.17, 15) is 5.11 Å². The lowest BCUT2D eigenvalue weighted by molar-refractivity contribution is 0.0207. The Morgan fingerprint density at radius 1 is 1.08 bits per heavy atom. The first-order chi connectivity index (χ1) is 6.31. The van der Waals surface area contributed by atoms with Gasteiger partial charge in [-0.2, -0.15) is 5.26 Å². The summed E-state index contributed by atoms with van der Waals surface area (Å²) in [6.45, 7) is 0. The lowest BCUT2D eigenvalue weighted by Gasteiger charge is -2.39. The van der Waals surface area contributed by atoms with Gasteiger partial charge in [0.25, 0.3) is 0 Å². The second-order valence-corrected chi connectivity index (χ2v) is 4.58. The van der Waals surface area contributed by atoms with Crippen LogP contribution in [-0.4, -0.2) is 11.2 Å². The van der Waals surface area contributed by atoms with Gasteiger partial charge in [-0.25, -0.2) is 0 Å². The van der Waals surface area contributed by atoms with Gasteiger partial charge in [0.05, 0.1) is 18.1 Å². The van der Waals surface area contributed by atoms with Crippen molar-refractivity contribution in [1.29, 1.82) is 5.26 Å². The molecule has 0 aromatic heterocycles. The average molecular weight is 179 g/mol. The molecule has 2 saturated carbocycles. The number of fused-ring (bicyclic) bond motifs is 1. The molecule has 0 aromatic carbocycles. The van der Waals surface area contributed by atoms with Gasteiger partial charge in [-0.3, -0.25) is 0 Å². The first-order valence-corrected chi connectivity index (χ1v) is 5.39.